The normalized spacial score (nSPS) is 13.3. The summed E-state index contributed by atoms with van der Waals surface area (Å²) in [6.07, 6.45) is 4.58. The lowest BCUT2D eigenvalue weighted by Crippen LogP contribution is -2.12. The maximum atomic E-state index is 5.58. The van der Waals surface area contributed by atoms with Gasteiger partial charge in [-0.1, -0.05) is 6.92 Å². The SMILES string of the molecule is CC(CN)Cc1nc2cnccc2s1. The molecule has 2 rings (SSSR count). The molecule has 14 heavy (non-hydrogen) atoms. The fraction of sp³-hybridized carbons (Fsp3) is 0.400. The minimum atomic E-state index is 0.503. The van der Waals surface area contributed by atoms with Crippen molar-refractivity contribution in [2.45, 2.75) is 13.3 Å². The van der Waals surface area contributed by atoms with Gasteiger partial charge in [0.2, 0.25) is 0 Å². The molecule has 1 unspecified atom stereocenters. The number of thiazole rings is 1. The summed E-state index contributed by atoms with van der Waals surface area (Å²) in [5.41, 5.74) is 6.58. The number of fused-ring (bicyclic) bond motifs is 1. The molecule has 0 aliphatic heterocycles. The molecule has 0 bridgehead atoms. The molecule has 0 spiro atoms. The first-order valence-electron chi connectivity index (χ1n) is 4.69. The van der Waals surface area contributed by atoms with Gasteiger partial charge < -0.3 is 5.73 Å². The molecule has 0 fully saturated rings. The minimum absolute atomic E-state index is 0.503. The zero-order chi connectivity index (χ0) is 9.97. The highest BCUT2D eigenvalue weighted by molar-refractivity contribution is 7.18. The van der Waals surface area contributed by atoms with Crippen LogP contribution in [0.1, 0.15) is 11.9 Å². The Hall–Kier alpha value is -1.00. The molecule has 0 saturated heterocycles. The Morgan fingerprint density at radius 1 is 1.57 bits per heavy atom. The molecule has 0 aliphatic rings. The summed E-state index contributed by atoms with van der Waals surface area (Å²) >= 11 is 1.73. The molecular formula is C10H13N3S. The van der Waals surface area contributed by atoms with E-state index in [0.29, 0.717) is 12.5 Å². The molecule has 4 heteroatoms. The predicted molar refractivity (Wildman–Crippen MR) is 59.3 cm³/mol. The summed E-state index contributed by atoms with van der Waals surface area (Å²) in [6.45, 7) is 2.86. The van der Waals surface area contributed by atoms with Gasteiger partial charge in [-0.05, 0) is 18.5 Å². The first kappa shape index (κ1) is 9.55. The van der Waals surface area contributed by atoms with Crippen LogP contribution in [0.2, 0.25) is 0 Å². The molecule has 0 saturated carbocycles. The van der Waals surface area contributed by atoms with Crippen LogP contribution in [-0.4, -0.2) is 16.5 Å². The van der Waals surface area contributed by atoms with E-state index >= 15 is 0 Å². The zero-order valence-electron chi connectivity index (χ0n) is 8.10. The van der Waals surface area contributed by atoms with E-state index in [0.717, 1.165) is 16.9 Å². The van der Waals surface area contributed by atoms with Gasteiger partial charge in [0.05, 0.1) is 21.4 Å². The molecule has 0 aromatic carbocycles. The van der Waals surface area contributed by atoms with Crippen LogP contribution in [-0.2, 0) is 6.42 Å². The second-order valence-corrected chi connectivity index (χ2v) is 4.61. The summed E-state index contributed by atoms with van der Waals surface area (Å²) in [7, 11) is 0. The fourth-order valence-corrected chi connectivity index (χ4v) is 2.39. The van der Waals surface area contributed by atoms with Crippen LogP contribution in [0.5, 0.6) is 0 Å². The summed E-state index contributed by atoms with van der Waals surface area (Å²) < 4.78 is 1.21. The lowest BCUT2D eigenvalue weighted by molar-refractivity contribution is 0.592. The number of rotatable bonds is 3. The van der Waals surface area contributed by atoms with Crippen molar-refractivity contribution in [1.29, 1.82) is 0 Å². The van der Waals surface area contributed by atoms with Gasteiger partial charge >= 0.3 is 0 Å². The van der Waals surface area contributed by atoms with Crippen molar-refractivity contribution in [1.82, 2.24) is 9.97 Å². The highest BCUT2D eigenvalue weighted by Gasteiger charge is 2.06. The lowest BCUT2D eigenvalue weighted by atomic mass is 10.1. The maximum absolute atomic E-state index is 5.58. The van der Waals surface area contributed by atoms with Gasteiger partial charge in [0, 0.05) is 12.6 Å². The topological polar surface area (TPSA) is 51.8 Å². The molecule has 0 aliphatic carbocycles. The van der Waals surface area contributed by atoms with Crippen LogP contribution in [0, 0.1) is 5.92 Å². The molecule has 3 nitrogen and oxygen atoms in total. The maximum Gasteiger partial charge on any atom is 0.0998 e. The van der Waals surface area contributed by atoms with Crippen molar-refractivity contribution in [2.24, 2.45) is 11.7 Å². The monoisotopic (exact) mass is 207 g/mol. The first-order valence-corrected chi connectivity index (χ1v) is 5.50. The van der Waals surface area contributed by atoms with Gasteiger partial charge in [0.1, 0.15) is 0 Å². The van der Waals surface area contributed by atoms with E-state index in [9.17, 15) is 0 Å². The number of aromatic nitrogens is 2. The number of nitrogens with zero attached hydrogens (tertiary/aromatic N) is 2. The molecule has 0 amide bonds. The largest absolute Gasteiger partial charge is 0.330 e. The average Bonchev–Trinajstić information content (AvgIpc) is 2.59. The Balaban J connectivity index is 2.27. The number of pyridine rings is 1. The Morgan fingerprint density at radius 3 is 3.14 bits per heavy atom. The Labute approximate surface area is 87.0 Å². The van der Waals surface area contributed by atoms with E-state index in [-0.39, 0.29) is 0 Å². The van der Waals surface area contributed by atoms with Crippen molar-refractivity contribution < 1.29 is 0 Å². The van der Waals surface area contributed by atoms with Crippen molar-refractivity contribution in [2.75, 3.05) is 6.54 Å². The average molecular weight is 207 g/mol. The Morgan fingerprint density at radius 2 is 2.43 bits per heavy atom. The van der Waals surface area contributed by atoms with E-state index in [4.69, 9.17) is 5.73 Å². The van der Waals surface area contributed by atoms with E-state index in [2.05, 4.69) is 16.9 Å². The summed E-state index contributed by atoms with van der Waals surface area (Å²) in [4.78, 5) is 8.55. The summed E-state index contributed by atoms with van der Waals surface area (Å²) in [5.74, 6) is 0.503. The van der Waals surface area contributed by atoms with Crippen LogP contribution in [0.4, 0.5) is 0 Å². The van der Waals surface area contributed by atoms with Gasteiger partial charge in [-0.2, -0.15) is 0 Å². The second kappa shape index (κ2) is 4.02. The molecule has 2 heterocycles. The molecule has 74 valence electrons. The van der Waals surface area contributed by atoms with Crippen LogP contribution < -0.4 is 5.73 Å². The quantitative estimate of drug-likeness (QED) is 0.835. The molecule has 0 radical (unpaired) electrons. The summed E-state index contributed by atoms with van der Waals surface area (Å²) in [6, 6.07) is 2.00. The van der Waals surface area contributed by atoms with Gasteiger partial charge in [-0.3, -0.25) is 4.98 Å². The third-order valence-electron chi connectivity index (χ3n) is 2.16. The van der Waals surface area contributed by atoms with Crippen LogP contribution in [0.15, 0.2) is 18.5 Å². The third kappa shape index (κ3) is 1.91. The molecule has 2 aromatic rings. The number of nitrogens with two attached hydrogens (primary N) is 1. The van der Waals surface area contributed by atoms with Crippen molar-refractivity contribution >= 4 is 21.6 Å². The Bertz CT molecular complexity index is 391. The van der Waals surface area contributed by atoms with E-state index < -0.39 is 0 Å². The highest BCUT2D eigenvalue weighted by atomic mass is 32.1. The van der Waals surface area contributed by atoms with Gasteiger partial charge in [0.25, 0.3) is 0 Å². The molecule has 2 aromatic heterocycles. The van der Waals surface area contributed by atoms with Gasteiger partial charge in [-0.25, -0.2) is 4.98 Å². The molecule has 1 atom stereocenters. The number of hydrogen-bond donors (Lipinski definition) is 1. The smallest absolute Gasteiger partial charge is 0.0998 e. The zero-order valence-corrected chi connectivity index (χ0v) is 8.92. The van der Waals surface area contributed by atoms with Crippen LogP contribution in [0.3, 0.4) is 0 Å². The third-order valence-corrected chi connectivity index (χ3v) is 3.22. The van der Waals surface area contributed by atoms with Crippen molar-refractivity contribution in [3.63, 3.8) is 0 Å². The van der Waals surface area contributed by atoms with Crippen molar-refractivity contribution in [3.8, 4) is 0 Å². The van der Waals surface area contributed by atoms with E-state index in [1.807, 2.05) is 12.3 Å². The minimum Gasteiger partial charge on any atom is -0.330 e. The standard InChI is InChI=1S/C10H13N3S/c1-7(5-11)4-10-13-8-6-12-3-2-9(8)14-10/h2-3,6-7H,4-5,11H2,1H3. The molecular weight excluding hydrogens is 194 g/mol. The first-order chi connectivity index (χ1) is 6.79. The predicted octanol–water partition coefficient (Wildman–Crippen LogP) is 1.83. The highest BCUT2D eigenvalue weighted by Crippen LogP contribution is 2.22. The van der Waals surface area contributed by atoms with Crippen LogP contribution in [0.25, 0.3) is 10.2 Å². The van der Waals surface area contributed by atoms with E-state index in [1.165, 1.54) is 4.70 Å². The lowest BCUT2D eigenvalue weighted by Gasteiger charge is -2.03. The molecule has 2 N–H and O–H groups in total. The van der Waals surface area contributed by atoms with Crippen molar-refractivity contribution in [3.05, 3.63) is 23.5 Å². The van der Waals surface area contributed by atoms with Crippen LogP contribution >= 0.6 is 11.3 Å². The Kier molecular flexibility index (Phi) is 2.74. The second-order valence-electron chi connectivity index (χ2n) is 3.50. The van der Waals surface area contributed by atoms with Gasteiger partial charge in [0.15, 0.2) is 0 Å². The van der Waals surface area contributed by atoms with E-state index in [1.54, 1.807) is 17.5 Å². The van der Waals surface area contributed by atoms with Gasteiger partial charge in [-0.15, -0.1) is 11.3 Å². The number of hydrogen-bond acceptors (Lipinski definition) is 4. The fourth-order valence-electron chi connectivity index (χ4n) is 1.30. The summed E-state index contributed by atoms with van der Waals surface area (Å²) in [5, 5.41) is 1.16.